The van der Waals surface area contributed by atoms with Crippen LogP contribution in [0.5, 0.6) is 0 Å². The van der Waals surface area contributed by atoms with E-state index in [1.54, 1.807) is 7.05 Å². The molecule has 0 saturated carbocycles. The van der Waals surface area contributed by atoms with Crippen LogP contribution >= 0.6 is 0 Å². The summed E-state index contributed by atoms with van der Waals surface area (Å²) < 4.78 is 27.6. The van der Waals surface area contributed by atoms with Crippen LogP contribution in [0.15, 0.2) is 42.5 Å². The fourth-order valence-corrected chi connectivity index (χ4v) is 2.34. The highest BCUT2D eigenvalue weighted by Crippen LogP contribution is 2.24. The zero-order valence-corrected chi connectivity index (χ0v) is 11.8. The van der Waals surface area contributed by atoms with Gasteiger partial charge in [0.25, 0.3) is 0 Å². The molecule has 0 saturated heterocycles. The molecule has 1 atom stereocenters. The van der Waals surface area contributed by atoms with Gasteiger partial charge in [-0.15, -0.1) is 0 Å². The first-order valence-corrected chi connectivity index (χ1v) is 6.78. The fraction of sp³-hybridized carbons (Fsp3) is 0.294. The molecule has 0 spiro atoms. The first-order valence-electron chi connectivity index (χ1n) is 6.78. The Morgan fingerprint density at radius 2 is 1.60 bits per heavy atom. The number of hydrogen-bond donors (Lipinski definition) is 1. The fourth-order valence-electron chi connectivity index (χ4n) is 2.34. The molecule has 0 radical (unpaired) electrons. The van der Waals surface area contributed by atoms with Crippen molar-refractivity contribution in [3.8, 4) is 0 Å². The minimum Gasteiger partial charge on any atom is -0.313 e. The molecule has 106 valence electrons. The highest BCUT2D eigenvalue weighted by atomic mass is 19.1. The third-order valence-corrected chi connectivity index (χ3v) is 3.54. The topological polar surface area (TPSA) is 12.0 Å². The zero-order valence-electron chi connectivity index (χ0n) is 11.8. The monoisotopic (exact) mass is 275 g/mol. The van der Waals surface area contributed by atoms with Crippen LogP contribution in [0.3, 0.4) is 0 Å². The molecule has 2 rings (SSSR count). The summed E-state index contributed by atoms with van der Waals surface area (Å²) in [6, 6.07) is 11.9. The molecular weight excluding hydrogens is 256 g/mol. The van der Waals surface area contributed by atoms with Crippen molar-refractivity contribution in [1.29, 1.82) is 0 Å². The van der Waals surface area contributed by atoms with E-state index in [1.807, 2.05) is 19.1 Å². The second-order valence-electron chi connectivity index (χ2n) is 5.00. The number of hydrogen-bond acceptors (Lipinski definition) is 1. The second kappa shape index (κ2) is 6.62. The quantitative estimate of drug-likeness (QED) is 0.863. The van der Waals surface area contributed by atoms with Crippen molar-refractivity contribution in [1.82, 2.24) is 5.32 Å². The average molecular weight is 275 g/mol. The molecule has 1 N–H and O–H groups in total. The Labute approximate surface area is 118 Å². The van der Waals surface area contributed by atoms with Crippen LogP contribution in [0.1, 0.15) is 29.2 Å². The largest absolute Gasteiger partial charge is 0.313 e. The normalized spacial score (nSPS) is 12.4. The molecule has 3 heteroatoms. The minimum atomic E-state index is -0.492. The molecule has 1 nitrogen and oxygen atoms in total. The van der Waals surface area contributed by atoms with Gasteiger partial charge in [0.2, 0.25) is 0 Å². The van der Waals surface area contributed by atoms with Gasteiger partial charge in [0.15, 0.2) is 0 Å². The molecule has 0 aliphatic carbocycles. The number of nitrogens with one attached hydrogen (secondary N) is 1. The van der Waals surface area contributed by atoms with E-state index >= 15 is 0 Å². The number of aryl methyl sites for hydroxylation is 2. The standard InChI is InChI=1S/C17H19F2N/c1-12-6-8-13(9-7-12)10-11-16(20-2)17-14(18)4-3-5-15(17)19/h3-9,16,20H,10-11H2,1-2H3. The van der Waals surface area contributed by atoms with E-state index in [0.29, 0.717) is 6.42 Å². The average Bonchev–Trinajstić information content (AvgIpc) is 2.44. The molecule has 2 aromatic rings. The van der Waals surface area contributed by atoms with E-state index in [-0.39, 0.29) is 11.6 Å². The van der Waals surface area contributed by atoms with E-state index in [2.05, 4.69) is 17.4 Å². The highest BCUT2D eigenvalue weighted by molar-refractivity contribution is 5.25. The van der Waals surface area contributed by atoms with Crippen molar-refractivity contribution in [2.45, 2.75) is 25.8 Å². The van der Waals surface area contributed by atoms with E-state index in [4.69, 9.17) is 0 Å². The maximum absolute atomic E-state index is 13.8. The summed E-state index contributed by atoms with van der Waals surface area (Å²) in [5.74, 6) is -0.985. The Morgan fingerprint density at radius 1 is 1.00 bits per heavy atom. The molecule has 2 aromatic carbocycles. The zero-order chi connectivity index (χ0) is 14.5. The first kappa shape index (κ1) is 14.7. The third kappa shape index (κ3) is 3.42. The Bertz CT molecular complexity index is 543. The molecule has 0 aliphatic rings. The Morgan fingerprint density at radius 3 is 2.15 bits per heavy atom. The van der Waals surface area contributed by atoms with Gasteiger partial charge >= 0.3 is 0 Å². The van der Waals surface area contributed by atoms with Gasteiger partial charge in [-0.05, 0) is 44.5 Å². The number of rotatable bonds is 5. The lowest BCUT2D eigenvalue weighted by Crippen LogP contribution is -2.20. The lowest BCUT2D eigenvalue weighted by Gasteiger charge is -2.18. The van der Waals surface area contributed by atoms with Crippen molar-refractivity contribution in [2.24, 2.45) is 0 Å². The molecular formula is C17H19F2N. The van der Waals surface area contributed by atoms with Crippen LogP contribution in [-0.2, 0) is 6.42 Å². The van der Waals surface area contributed by atoms with Crippen molar-refractivity contribution in [2.75, 3.05) is 7.05 Å². The molecule has 20 heavy (non-hydrogen) atoms. The van der Waals surface area contributed by atoms with Crippen molar-refractivity contribution < 1.29 is 8.78 Å². The summed E-state index contributed by atoms with van der Waals surface area (Å²) in [5.41, 5.74) is 2.51. The van der Waals surface area contributed by atoms with Gasteiger partial charge in [-0.2, -0.15) is 0 Å². The van der Waals surface area contributed by atoms with E-state index in [1.165, 1.54) is 29.3 Å². The lowest BCUT2D eigenvalue weighted by atomic mass is 9.98. The highest BCUT2D eigenvalue weighted by Gasteiger charge is 2.18. The van der Waals surface area contributed by atoms with Gasteiger partial charge in [-0.25, -0.2) is 8.78 Å². The van der Waals surface area contributed by atoms with Gasteiger partial charge in [0, 0.05) is 11.6 Å². The summed E-state index contributed by atoms with van der Waals surface area (Å²) in [4.78, 5) is 0. The molecule has 0 aliphatic heterocycles. The van der Waals surface area contributed by atoms with Crippen LogP contribution in [0, 0.1) is 18.6 Å². The van der Waals surface area contributed by atoms with Gasteiger partial charge in [0.05, 0.1) is 0 Å². The number of halogens is 2. The lowest BCUT2D eigenvalue weighted by molar-refractivity contribution is 0.471. The molecule has 0 fully saturated rings. The summed E-state index contributed by atoms with van der Waals surface area (Å²) in [6.07, 6.45) is 1.43. The van der Waals surface area contributed by atoms with Crippen LogP contribution < -0.4 is 5.32 Å². The number of benzene rings is 2. The summed E-state index contributed by atoms with van der Waals surface area (Å²) in [6.45, 7) is 2.04. The van der Waals surface area contributed by atoms with E-state index < -0.39 is 11.6 Å². The Hall–Kier alpha value is -1.74. The van der Waals surface area contributed by atoms with E-state index in [9.17, 15) is 8.78 Å². The van der Waals surface area contributed by atoms with Gasteiger partial charge in [-0.3, -0.25) is 0 Å². The molecule has 0 amide bonds. The maximum Gasteiger partial charge on any atom is 0.130 e. The first-order chi connectivity index (χ1) is 9.61. The van der Waals surface area contributed by atoms with E-state index in [0.717, 1.165) is 6.42 Å². The molecule has 1 unspecified atom stereocenters. The third-order valence-electron chi connectivity index (χ3n) is 3.54. The summed E-state index contributed by atoms with van der Waals surface area (Å²) in [7, 11) is 1.73. The molecule has 0 aromatic heterocycles. The van der Waals surface area contributed by atoms with Gasteiger partial charge in [-0.1, -0.05) is 35.9 Å². The molecule has 0 bridgehead atoms. The smallest absolute Gasteiger partial charge is 0.130 e. The maximum atomic E-state index is 13.8. The molecule has 0 heterocycles. The van der Waals surface area contributed by atoms with Gasteiger partial charge in [0.1, 0.15) is 11.6 Å². The summed E-state index contributed by atoms with van der Waals surface area (Å²) >= 11 is 0. The summed E-state index contributed by atoms with van der Waals surface area (Å²) in [5, 5.41) is 3.00. The predicted octanol–water partition coefficient (Wildman–Crippen LogP) is 4.17. The Kier molecular flexibility index (Phi) is 4.85. The van der Waals surface area contributed by atoms with Gasteiger partial charge < -0.3 is 5.32 Å². The van der Waals surface area contributed by atoms with Crippen molar-refractivity contribution >= 4 is 0 Å². The van der Waals surface area contributed by atoms with Crippen molar-refractivity contribution in [3.63, 3.8) is 0 Å². The predicted molar refractivity (Wildman–Crippen MR) is 77.7 cm³/mol. The van der Waals surface area contributed by atoms with Crippen LogP contribution in [0.4, 0.5) is 8.78 Å². The van der Waals surface area contributed by atoms with Crippen LogP contribution in [0.2, 0.25) is 0 Å². The second-order valence-corrected chi connectivity index (χ2v) is 5.00. The minimum absolute atomic E-state index is 0.127. The van der Waals surface area contributed by atoms with Crippen LogP contribution in [0.25, 0.3) is 0 Å². The van der Waals surface area contributed by atoms with Crippen LogP contribution in [-0.4, -0.2) is 7.05 Å². The SMILES string of the molecule is CNC(CCc1ccc(C)cc1)c1c(F)cccc1F. The Balaban J connectivity index is 2.11. The van der Waals surface area contributed by atoms with Crippen molar-refractivity contribution in [3.05, 3.63) is 70.8 Å².